The first-order valence-corrected chi connectivity index (χ1v) is 12.0. The van der Waals surface area contributed by atoms with Gasteiger partial charge < -0.3 is 20.5 Å². The number of aryl methyl sites for hydroxylation is 1. The van der Waals surface area contributed by atoms with Gasteiger partial charge in [-0.05, 0) is 67.5 Å². The van der Waals surface area contributed by atoms with Crippen LogP contribution in [0.4, 0.5) is 4.39 Å². The number of ether oxygens (including phenoxy) is 1. The van der Waals surface area contributed by atoms with Crippen LogP contribution in [0.1, 0.15) is 47.6 Å². The molecule has 0 atom stereocenters. The van der Waals surface area contributed by atoms with Gasteiger partial charge in [-0.15, -0.1) is 10.2 Å². The molecule has 3 aromatic rings. The van der Waals surface area contributed by atoms with E-state index in [-0.39, 0.29) is 35.8 Å². The average molecular weight is 513 g/mol. The summed E-state index contributed by atoms with van der Waals surface area (Å²) in [6.07, 6.45) is 3.44. The lowest BCUT2D eigenvalue weighted by atomic mass is 9.86. The van der Waals surface area contributed by atoms with Crippen molar-refractivity contribution in [2.45, 2.75) is 51.7 Å². The third-order valence-corrected chi connectivity index (χ3v) is 6.20. The van der Waals surface area contributed by atoms with E-state index in [4.69, 9.17) is 9.84 Å². The molecule has 37 heavy (non-hydrogen) atoms. The Morgan fingerprint density at radius 2 is 1.97 bits per heavy atom. The number of hydrogen-bond donors (Lipinski definition) is 3. The van der Waals surface area contributed by atoms with E-state index in [0.717, 1.165) is 25.7 Å². The fourth-order valence-corrected chi connectivity index (χ4v) is 4.30. The number of tetrazole rings is 1. The highest BCUT2D eigenvalue weighted by atomic mass is 19.1. The number of benzene rings is 1. The van der Waals surface area contributed by atoms with E-state index in [1.165, 1.54) is 30.1 Å². The molecule has 4 rings (SSSR count). The molecule has 2 aromatic heterocycles. The molecule has 2 amide bonds. The van der Waals surface area contributed by atoms with E-state index in [1.54, 1.807) is 13.0 Å². The number of rotatable bonds is 9. The fourth-order valence-electron chi connectivity index (χ4n) is 4.30. The molecule has 0 aliphatic heterocycles. The summed E-state index contributed by atoms with van der Waals surface area (Å²) in [4.78, 5) is 34.2. The maximum absolute atomic E-state index is 13.6. The van der Waals surface area contributed by atoms with Crippen molar-refractivity contribution in [1.82, 2.24) is 40.8 Å². The van der Waals surface area contributed by atoms with Gasteiger partial charge in [0.25, 0.3) is 5.91 Å². The molecule has 0 saturated heterocycles. The Hall–Kier alpha value is -4.00. The summed E-state index contributed by atoms with van der Waals surface area (Å²) in [6.45, 7) is 1.91. The van der Waals surface area contributed by atoms with Gasteiger partial charge in [0.05, 0.1) is 13.7 Å². The minimum atomic E-state index is -0.499. The van der Waals surface area contributed by atoms with Gasteiger partial charge >= 0.3 is 0 Å². The molecule has 3 N–H and O–H groups in total. The molecule has 1 aliphatic carbocycles. The Labute approximate surface area is 212 Å². The van der Waals surface area contributed by atoms with Gasteiger partial charge in [0, 0.05) is 12.6 Å². The van der Waals surface area contributed by atoms with E-state index < -0.39 is 18.3 Å². The molecule has 1 aromatic carbocycles. The number of aliphatic hydroxyl groups excluding tert-OH is 1. The van der Waals surface area contributed by atoms with Gasteiger partial charge in [0.1, 0.15) is 23.8 Å². The number of halogens is 1. The fraction of sp³-hybridized carbons (Fsp3) is 0.458. The first-order valence-electron chi connectivity index (χ1n) is 12.0. The molecule has 1 fully saturated rings. The minimum Gasteiger partial charge on any atom is -0.494 e. The van der Waals surface area contributed by atoms with Gasteiger partial charge in [-0.25, -0.2) is 14.4 Å². The molecule has 2 heterocycles. The molecule has 13 heteroatoms. The Morgan fingerprint density at radius 3 is 2.70 bits per heavy atom. The van der Waals surface area contributed by atoms with Crippen LogP contribution in [-0.4, -0.2) is 66.9 Å². The number of aliphatic hydroxyl groups is 1. The molecular formula is C24H29FN8O4. The van der Waals surface area contributed by atoms with E-state index >= 15 is 0 Å². The summed E-state index contributed by atoms with van der Waals surface area (Å²) >= 11 is 0. The normalized spacial score (nSPS) is 17.3. The molecule has 0 bridgehead atoms. The number of nitrogens with one attached hydrogen (secondary N) is 2. The molecule has 0 radical (unpaired) electrons. The first-order chi connectivity index (χ1) is 17.8. The number of amides is 2. The Kier molecular flexibility index (Phi) is 8.33. The van der Waals surface area contributed by atoms with Gasteiger partial charge in [0.15, 0.2) is 11.6 Å². The van der Waals surface area contributed by atoms with E-state index in [0.29, 0.717) is 29.5 Å². The summed E-state index contributed by atoms with van der Waals surface area (Å²) in [6, 6.07) is 5.95. The van der Waals surface area contributed by atoms with Crippen LogP contribution in [0.5, 0.6) is 5.75 Å². The Balaban J connectivity index is 1.36. The standard InChI is InChI=1S/C24H29FN8O4/c1-14-27-19(10-20(28-14)24(36)26-11-16-5-8-18(25)21(9-16)37-2)23-30-32-33(31-23)12-15-3-6-17(7-4-15)29-22(35)13-34/h5,8-10,15,17,34H,3-4,6-7,11-13H2,1-2H3,(H,26,36)(H,29,35). The van der Waals surface area contributed by atoms with E-state index in [1.807, 2.05) is 0 Å². The molecule has 0 unspecified atom stereocenters. The van der Waals surface area contributed by atoms with Crippen molar-refractivity contribution in [3.8, 4) is 17.3 Å². The molecule has 0 spiro atoms. The second kappa shape index (κ2) is 11.8. The zero-order chi connectivity index (χ0) is 26.4. The van der Waals surface area contributed by atoms with Crippen LogP contribution in [0.2, 0.25) is 0 Å². The average Bonchev–Trinajstić information content (AvgIpc) is 3.37. The number of aromatic nitrogens is 6. The number of nitrogens with zero attached hydrogens (tertiary/aromatic N) is 6. The lowest BCUT2D eigenvalue weighted by molar-refractivity contribution is -0.124. The van der Waals surface area contributed by atoms with Crippen LogP contribution >= 0.6 is 0 Å². The topological polar surface area (TPSA) is 157 Å². The van der Waals surface area contributed by atoms with Crippen LogP contribution in [0, 0.1) is 18.7 Å². The van der Waals surface area contributed by atoms with Crippen molar-refractivity contribution in [3.05, 3.63) is 47.2 Å². The maximum Gasteiger partial charge on any atom is 0.270 e. The van der Waals surface area contributed by atoms with Gasteiger partial charge in [-0.3, -0.25) is 9.59 Å². The predicted octanol–water partition coefficient (Wildman–Crippen LogP) is 1.18. The molecule has 1 aliphatic rings. The number of methoxy groups -OCH3 is 1. The lowest BCUT2D eigenvalue weighted by Gasteiger charge is -2.28. The summed E-state index contributed by atoms with van der Waals surface area (Å²) in [5.74, 6) is -0.154. The van der Waals surface area contributed by atoms with Gasteiger partial charge in [-0.2, -0.15) is 4.80 Å². The minimum absolute atomic E-state index is 0.0776. The molecular weight excluding hydrogens is 483 g/mol. The van der Waals surface area contributed by atoms with Crippen molar-refractivity contribution in [3.63, 3.8) is 0 Å². The van der Waals surface area contributed by atoms with Crippen LogP contribution in [0.15, 0.2) is 24.3 Å². The monoisotopic (exact) mass is 512 g/mol. The molecule has 12 nitrogen and oxygen atoms in total. The summed E-state index contributed by atoms with van der Waals surface area (Å²) in [5.41, 5.74) is 1.20. The van der Waals surface area contributed by atoms with E-state index in [9.17, 15) is 14.0 Å². The SMILES string of the molecule is COc1cc(CNC(=O)c2cc(-c3nnn(CC4CCC(NC(=O)CO)CC4)n3)nc(C)n2)ccc1F. The molecule has 196 valence electrons. The second-order valence-electron chi connectivity index (χ2n) is 8.95. The van der Waals surface area contributed by atoms with Crippen LogP contribution in [0.3, 0.4) is 0 Å². The predicted molar refractivity (Wildman–Crippen MR) is 129 cm³/mol. The number of hydrogen-bond acceptors (Lipinski definition) is 9. The third kappa shape index (κ3) is 6.82. The highest BCUT2D eigenvalue weighted by Crippen LogP contribution is 2.25. The highest BCUT2D eigenvalue weighted by Gasteiger charge is 2.24. The summed E-state index contributed by atoms with van der Waals surface area (Å²) in [5, 5.41) is 27.1. The smallest absolute Gasteiger partial charge is 0.270 e. The van der Waals surface area contributed by atoms with E-state index in [2.05, 4.69) is 36.0 Å². The van der Waals surface area contributed by atoms with Crippen molar-refractivity contribution >= 4 is 11.8 Å². The third-order valence-electron chi connectivity index (χ3n) is 6.20. The Bertz CT molecular complexity index is 1260. The summed E-state index contributed by atoms with van der Waals surface area (Å²) in [7, 11) is 1.38. The van der Waals surface area contributed by atoms with Crippen molar-refractivity contribution < 1.29 is 23.8 Å². The highest BCUT2D eigenvalue weighted by molar-refractivity contribution is 5.93. The van der Waals surface area contributed by atoms with Gasteiger partial charge in [-0.1, -0.05) is 6.07 Å². The number of carbonyl (C=O) groups excluding carboxylic acids is 2. The number of carbonyl (C=O) groups is 2. The zero-order valence-electron chi connectivity index (χ0n) is 20.6. The van der Waals surface area contributed by atoms with Gasteiger partial charge in [0.2, 0.25) is 11.7 Å². The lowest BCUT2D eigenvalue weighted by Crippen LogP contribution is -2.39. The van der Waals surface area contributed by atoms with Crippen molar-refractivity contribution in [2.75, 3.05) is 13.7 Å². The summed E-state index contributed by atoms with van der Waals surface area (Å²) < 4.78 is 18.6. The van der Waals surface area contributed by atoms with Crippen LogP contribution < -0.4 is 15.4 Å². The first kappa shape index (κ1) is 26.1. The quantitative estimate of drug-likeness (QED) is 0.383. The maximum atomic E-state index is 13.6. The second-order valence-corrected chi connectivity index (χ2v) is 8.95. The zero-order valence-corrected chi connectivity index (χ0v) is 20.6. The van der Waals surface area contributed by atoms with Crippen molar-refractivity contribution in [2.24, 2.45) is 5.92 Å². The molecule has 1 saturated carbocycles. The van der Waals surface area contributed by atoms with Crippen molar-refractivity contribution in [1.29, 1.82) is 0 Å². The van der Waals surface area contributed by atoms with Crippen LogP contribution in [0.25, 0.3) is 11.5 Å². The van der Waals surface area contributed by atoms with Crippen LogP contribution in [-0.2, 0) is 17.9 Å². The largest absolute Gasteiger partial charge is 0.494 e. The Morgan fingerprint density at radius 1 is 1.19 bits per heavy atom.